The standard InChI is InChI=1S/C13H21F2NO5S/c1-22(18,19)20-8-13(14,15)11-10(16-12(17)21-11)7-9-5-3-2-4-6-9/h9-11H,2-8H2,1H3,(H,16,17)/t10-,11?/m0/s1. The number of cyclic esters (lactones) is 1. The highest BCUT2D eigenvalue weighted by atomic mass is 32.2. The van der Waals surface area contributed by atoms with E-state index in [1.807, 2.05) is 0 Å². The van der Waals surface area contributed by atoms with Crippen molar-refractivity contribution >= 4 is 16.2 Å². The van der Waals surface area contributed by atoms with Gasteiger partial charge < -0.3 is 10.1 Å². The maximum absolute atomic E-state index is 14.1. The third-order valence-electron chi connectivity index (χ3n) is 4.10. The molecule has 9 heteroatoms. The van der Waals surface area contributed by atoms with Crippen molar-refractivity contribution < 1.29 is 30.9 Å². The summed E-state index contributed by atoms with van der Waals surface area (Å²) in [6, 6.07) is -0.825. The normalized spacial score (nSPS) is 27.5. The Morgan fingerprint density at radius 1 is 1.32 bits per heavy atom. The van der Waals surface area contributed by atoms with E-state index < -0.39 is 40.9 Å². The van der Waals surface area contributed by atoms with Crippen molar-refractivity contribution in [1.82, 2.24) is 5.32 Å². The van der Waals surface area contributed by atoms with E-state index in [-0.39, 0.29) is 5.92 Å². The van der Waals surface area contributed by atoms with Gasteiger partial charge in [0, 0.05) is 0 Å². The molecule has 2 atom stereocenters. The largest absolute Gasteiger partial charge is 0.437 e. The van der Waals surface area contributed by atoms with Crippen LogP contribution in [0.25, 0.3) is 0 Å². The Balaban J connectivity index is 2.00. The second-order valence-corrected chi connectivity index (χ2v) is 7.69. The van der Waals surface area contributed by atoms with Gasteiger partial charge in [0.15, 0.2) is 6.10 Å². The van der Waals surface area contributed by atoms with Crippen molar-refractivity contribution in [1.29, 1.82) is 0 Å². The molecular formula is C13H21F2NO5S. The number of alkyl carbamates (subject to hydrolysis) is 1. The highest BCUT2D eigenvalue weighted by Crippen LogP contribution is 2.34. The van der Waals surface area contributed by atoms with Gasteiger partial charge in [-0.05, 0) is 12.3 Å². The minimum atomic E-state index is -3.99. The fourth-order valence-corrected chi connectivity index (χ4v) is 3.44. The van der Waals surface area contributed by atoms with Gasteiger partial charge in [-0.15, -0.1) is 0 Å². The zero-order valence-corrected chi connectivity index (χ0v) is 13.2. The number of alkyl halides is 2. The smallest absolute Gasteiger partial charge is 0.408 e. The molecule has 0 aromatic carbocycles. The quantitative estimate of drug-likeness (QED) is 0.748. The topological polar surface area (TPSA) is 81.7 Å². The molecule has 1 aliphatic carbocycles. The van der Waals surface area contributed by atoms with Crippen molar-refractivity contribution in [2.75, 3.05) is 12.9 Å². The van der Waals surface area contributed by atoms with Crippen LogP contribution in [0.3, 0.4) is 0 Å². The molecule has 1 N–H and O–H groups in total. The number of ether oxygens (including phenoxy) is 1. The fraction of sp³-hybridized carbons (Fsp3) is 0.923. The summed E-state index contributed by atoms with van der Waals surface area (Å²) < 4.78 is 58.9. The van der Waals surface area contributed by atoms with Crippen LogP contribution in [0, 0.1) is 5.92 Å². The summed E-state index contributed by atoms with van der Waals surface area (Å²) in [4.78, 5) is 11.3. The number of nitrogens with one attached hydrogen (secondary N) is 1. The lowest BCUT2D eigenvalue weighted by molar-refractivity contribution is -0.127. The predicted molar refractivity (Wildman–Crippen MR) is 74.1 cm³/mol. The van der Waals surface area contributed by atoms with Gasteiger partial charge in [0.25, 0.3) is 10.1 Å². The first-order chi connectivity index (χ1) is 10.2. The lowest BCUT2D eigenvalue weighted by Gasteiger charge is -2.29. The zero-order valence-electron chi connectivity index (χ0n) is 12.4. The Kier molecular flexibility index (Phi) is 5.26. The Morgan fingerprint density at radius 3 is 2.55 bits per heavy atom. The highest BCUT2D eigenvalue weighted by molar-refractivity contribution is 7.85. The average molecular weight is 341 g/mol. The molecule has 1 saturated heterocycles. The summed E-state index contributed by atoms with van der Waals surface area (Å²) in [5, 5.41) is 2.41. The van der Waals surface area contributed by atoms with Crippen molar-refractivity contribution in [2.45, 2.75) is 56.6 Å². The molecule has 22 heavy (non-hydrogen) atoms. The molecule has 2 aliphatic rings. The summed E-state index contributed by atoms with van der Waals surface area (Å²) in [6.07, 6.45) is 3.66. The van der Waals surface area contributed by atoms with E-state index in [1.54, 1.807) is 0 Å². The fourth-order valence-electron chi connectivity index (χ4n) is 3.07. The highest BCUT2D eigenvalue weighted by Gasteiger charge is 2.52. The van der Waals surface area contributed by atoms with Gasteiger partial charge in [-0.1, -0.05) is 32.1 Å². The van der Waals surface area contributed by atoms with Crippen LogP contribution in [0.4, 0.5) is 13.6 Å². The SMILES string of the molecule is CS(=O)(=O)OCC(F)(F)C1OC(=O)N[C@H]1CC1CCCCC1. The van der Waals surface area contributed by atoms with Crippen molar-refractivity contribution in [3.8, 4) is 0 Å². The van der Waals surface area contributed by atoms with Crippen LogP contribution in [0.1, 0.15) is 38.5 Å². The molecule has 0 bridgehead atoms. The Hall–Kier alpha value is -0.960. The molecule has 1 unspecified atom stereocenters. The number of amides is 1. The maximum Gasteiger partial charge on any atom is 0.408 e. The van der Waals surface area contributed by atoms with Gasteiger partial charge in [0.05, 0.1) is 12.3 Å². The van der Waals surface area contributed by atoms with Crippen LogP contribution < -0.4 is 5.32 Å². The maximum atomic E-state index is 14.1. The molecule has 0 aromatic rings. The van der Waals surface area contributed by atoms with Gasteiger partial charge in [0.1, 0.15) is 6.61 Å². The second kappa shape index (κ2) is 6.66. The van der Waals surface area contributed by atoms with Crippen LogP contribution in [-0.4, -0.2) is 45.4 Å². The van der Waals surface area contributed by atoms with Gasteiger partial charge in [-0.2, -0.15) is 17.2 Å². The number of halogens is 2. The molecule has 128 valence electrons. The molecule has 0 spiro atoms. The van der Waals surface area contributed by atoms with Gasteiger partial charge in [0.2, 0.25) is 0 Å². The number of carbonyl (C=O) groups is 1. The number of rotatable bonds is 6. The van der Waals surface area contributed by atoms with Crippen molar-refractivity contribution in [3.05, 3.63) is 0 Å². The third-order valence-corrected chi connectivity index (χ3v) is 4.64. The van der Waals surface area contributed by atoms with E-state index in [4.69, 9.17) is 0 Å². The van der Waals surface area contributed by atoms with E-state index in [9.17, 15) is 22.0 Å². The van der Waals surface area contributed by atoms with E-state index in [0.717, 1.165) is 32.1 Å². The molecule has 1 aliphatic heterocycles. The summed E-state index contributed by atoms with van der Waals surface area (Å²) in [5.74, 6) is -3.29. The molecule has 0 aromatic heterocycles. The molecular weight excluding hydrogens is 320 g/mol. The summed E-state index contributed by atoms with van der Waals surface area (Å²) in [5.41, 5.74) is 0. The first kappa shape index (κ1) is 17.4. The van der Waals surface area contributed by atoms with E-state index in [0.29, 0.717) is 12.7 Å². The van der Waals surface area contributed by atoms with Gasteiger partial charge >= 0.3 is 12.0 Å². The number of hydrogen-bond donors (Lipinski definition) is 1. The molecule has 2 rings (SSSR count). The molecule has 0 radical (unpaired) electrons. The van der Waals surface area contributed by atoms with Gasteiger partial charge in [-0.3, -0.25) is 4.18 Å². The predicted octanol–water partition coefficient (Wildman–Crippen LogP) is 2.05. The second-order valence-electron chi connectivity index (χ2n) is 6.04. The number of carbonyl (C=O) groups excluding carboxylic acids is 1. The monoisotopic (exact) mass is 341 g/mol. The van der Waals surface area contributed by atoms with Crippen LogP contribution in [0.2, 0.25) is 0 Å². The molecule has 1 saturated carbocycles. The summed E-state index contributed by atoms with van der Waals surface area (Å²) in [7, 11) is -3.99. The van der Waals surface area contributed by atoms with Crippen LogP contribution >= 0.6 is 0 Å². The average Bonchev–Trinajstić information content (AvgIpc) is 2.79. The van der Waals surface area contributed by atoms with E-state index in [1.165, 1.54) is 0 Å². The van der Waals surface area contributed by atoms with E-state index in [2.05, 4.69) is 14.2 Å². The molecule has 6 nitrogen and oxygen atoms in total. The first-order valence-corrected chi connectivity index (χ1v) is 9.18. The van der Waals surface area contributed by atoms with Crippen molar-refractivity contribution in [3.63, 3.8) is 0 Å². The molecule has 1 heterocycles. The Bertz CT molecular complexity index is 505. The lowest BCUT2D eigenvalue weighted by atomic mass is 9.83. The first-order valence-electron chi connectivity index (χ1n) is 7.37. The number of hydrogen-bond acceptors (Lipinski definition) is 5. The summed E-state index contributed by atoms with van der Waals surface area (Å²) >= 11 is 0. The van der Waals surface area contributed by atoms with Crippen LogP contribution in [-0.2, 0) is 19.0 Å². The van der Waals surface area contributed by atoms with E-state index >= 15 is 0 Å². The van der Waals surface area contributed by atoms with Crippen LogP contribution in [0.5, 0.6) is 0 Å². The van der Waals surface area contributed by atoms with Crippen molar-refractivity contribution in [2.24, 2.45) is 5.92 Å². The Labute approximate surface area is 128 Å². The zero-order chi connectivity index (χ0) is 16.4. The third kappa shape index (κ3) is 4.77. The van der Waals surface area contributed by atoms with Crippen LogP contribution in [0.15, 0.2) is 0 Å². The molecule has 2 fully saturated rings. The summed E-state index contributed by atoms with van der Waals surface area (Å²) in [6.45, 7) is -1.33. The molecule has 1 amide bonds. The minimum Gasteiger partial charge on any atom is -0.437 e. The minimum absolute atomic E-state index is 0.273. The lowest BCUT2D eigenvalue weighted by Crippen LogP contribution is -2.47. The van der Waals surface area contributed by atoms with Gasteiger partial charge in [-0.25, -0.2) is 4.79 Å². The Morgan fingerprint density at radius 2 is 1.95 bits per heavy atom.